The van der Waals surface area contributed by atoms with Crippen molar-refractivity contribution in [2.75, 3.05) is 5.32 Å². The molecule has 0 atom stereocenters. The van der Waals surface area contributed by atoms with Crippen molar-refractivity contribution >= 4 is 34.9 Å². The lowest BCUT2D eigenvalue weighted by atomic mass is 10.2. The normalized spacial score (nSPS) is 10.6. The molecule has 27 heavy (non-hydrogen) atoms. The van der Waals surface area contributed by atoms with Gasteiger partial charge in [-0.25, -0.2) is 4.39 Å². The standard InChI is InChI=1S/C19H16ClFN4OS/c1-2-10-25-18(26)17(22-16-5-3-4-14(20)11-16)23-24-19(25)27-12-13-6-8-15(21)9-7-13/h2-9,11H,1,10,12H2,(H,22,23). The topological polar surface area (TPSA) is 59.8 Å². The summed E-state index contributed by atoms with van der Waals surface area (Å²) in [5.41, 5.74) is 1.25. The van der Waals surface area contributed by atoms with Crippen LogP contribution in [0.15, 0.2) is 71.1 Å². The Morgan fingerprint density at radius 1 is 1.22 bits per heavy atom. The monoisotopic (exact) mass is 402 g/mol. The van der Waals surface area contributed by atoms with E-state index in [1.807, 2.05) is 0 Å². The lowest BCUT2D eigenvalue weighted by molar-refractivity contribution is 0.625. The van der Waals surface area contributed by atoms with Crippen LogP contribution in [-0.4, -0.2) is 14.8 Å². The summed E-state index contributed by atoms with van der Waals surface area (Å²) in [6.45, 7) is 3.99. The highest BCUT2D eigenvalue weighted by Gasteiger charge is 2.12. The van der Waals surface area contributed by atoms with Crippen LogP contribution in [0, 0.1) is 5.82 Å². The average Bonchev–Trinajstić information content (AvgIpc) is 2.66. The molecule has 0 aliphatic heterocycles. The quantitative estimate of drug-likeness (QED) is 0.460. The minimum atomic E-state index is -0.313. The largest absolute Gasteiger partial charge is 0.334 e. The van der Waals surface area contributed by atoms with E-state index in [4.69, 9.17) is 11.6 Å². The molecule has 0 bridgehead atoms. The van der Waals surface area contributed by atoms with Crippen LogP contribution in [0.25, 0.3) is 0 Å². The van der Waals surface area contributed by atoms with Crippen molar-refractivity contribution in [3.63, 3.8) is 0 Å². The molecule has 1 aromatic heterocycles. The SMILES string of the molecule is C=CCn1c(SCc2ccc(F)cc2)nnc(Nc2cccc(Cl)c2)c1=O. The van der Waals surface area contributed by atoms with Crippen LogP contribution in [0.1, 0.15) is 5.56 Å². The van der Waals surface area contributed by atoms with Gasteiger partial charge in [-0.2, -0.15) is 0 Å². The summed E-state index contributed by atoms with van der Waals surface area (Å²) in [6.07, 6.45) is 1.62. The van der Waals surface area contributed by atoms with E-state index >= 15 is 0 Å². The van der Waals surface area contributed by atoms with Gasteiger partial charge in [0.1, 0.15) is 5.82 Å². The molecule has 1 N–H and O–H groups in total. The van der Waals surface area contributed by atoms with Crippen molar-refractivity contribution in [3.05, 3.63) is 87.9 Å². The summed E-state index contributed by atoms with van der Waals surface area (Å²) >= 11 is 7.31. The fourth-order valence-corrected chi connectivity index (χ4v) is 3.40. The first kappa shape index (κ1) is 19.1. The van der Waals surface area contributed by atoms with Crippen LogP contribution in [0.2, 0.25) is 5.02 Å². The molecule has 0 aliphatic carbocycles. The van der Waals surface area contributed by atoms with Gasteiger partial charge < -0.3 is 5.32 Å². The van der Waals surface area contributed by atoms with Crippen molar-refractivity contribution in [2.45, 2.75) is 17.5 Å². The zero-order valence-corrected chi connectivity index (χ0v) is 15.8. The van der Waals surface area contributed by atoms with Gasteiger partial charge >= 0.3 is 0 Å². The van der Waals surface area contributed by atoms with Crippen molar-refractivity contribution in [3.8, 4) is 0 Å². The van der Waals surface area contributed by atoms with Crippen LogP contribution < -0.4 is 10.9 Å². The highest BCUT2D eigenvalue weighted by molar-refractivity contribution is 7.98. The fraction of sp³-hybridized carbons (Fsp3) is 0.105. The maximum atomic E-state index is 13.0. The zero-order valence-electron chi connectivity index (χ0n) is 14.2. The predicted molar refractivity (Wildman–Crippen MR) is 107 cm³/mol. The van der Waals surface area contributed by atoms with E-state index in [1.165, 1.54) is 28.5 Å². The molecule has 0 saturated carbocycles. The van der Waals surface area contributed by atoms with Gasteiger partial charge in [0, 0.05) is 23.0 Å². The molecular formula is C19H16ClFN4OS. The van der Waals surface area contributed by atoms with Crippen molar-refractivity contribution in [2.24, 2.45) is 0 Å². The Morgan fingerprint density at radius 3 is 2.70 bits per heavy atom. The smallest absolute Gasteiger partial charge is 0.297 e. The van der Waals surface area contributed by atoms with Gasteiger partial charge in [-0.15, -0.1) is 16.8 Å². The summed E-state index contributed by atoms with van der Waals surface area (Å²) < 4.78 is 14.5. The number of aromatic nitrogens is 3. The molecule has 2 aromatic carbocycles. The van der Waals surface area contributed by atoms with Crippen LogP contribution in [0.3, 0.4) is 0 Å². The summed E-state index contributed by atoms with van der Waals surface area (Å²) in [7, 11) is 0. The van der Waals surface area contributed by atoms with Crippen LogP contribution >= 0.6 is 23.4 Å². The van der Waals surface area contributed by atoms with Gasteiger partial charge in [-0.1, -0.05) is 47.6 Å². The lowest BCUT2D eigenvalue weighted by Crippen LogP contribution is -2.26. The number of allylic oxidation sites excluding steroid dienone is 1. The molecule has 0 saturated heterocycles. The number of nitrogens with one attached hydrogen (secondary N) is 1. The number of anilines is 2. The molecule has 1 heterocycles. The van der Waals surface area contributed by atoms with Crippen molar-refractivity contribution in [1.82, 2.24) is 14.8 Å². The first-order chi connectivity index (χ1) is 13.1. The second-order valence-corrected chi connectivity index (χ2v) is 6.97. The third-order valence-electron chi connectivity index (χ3n) is 3.59. The summed E-state index contributed by atoms with van der Waals surface area (Å²) in [5, 5.41) is 12.1. The van der Waals surface area contributed by atoms with E-state index in [9.17, 15) is 9.18 Å². The van der Waals surface area contributed by atoms with Gasteiger partial charge in [0.25, 0.3) is 5.56 Å². The average molecular weight is 403 g/mol. The Balaban J connectivity index is 1.84. The molecule has 0 spiro atoms. The van der Waals surface area contributed by atoms with E-state index in [1.54, 1.807) is 42.5 Å². The third kappa shape index (κ3) is 4.96. The number of nitrogens with zero attached hydrogens (tertiary/aromatic N) is 3. The Labute approximate surface area is 164 Å². The van der Waals surface area contributed by atoms with E-state index in [0.717, 1.165) is 5.56 Å². The van der Waals surface area contributed by atoms with Gasteiger partial charge in [0.05, 0.1) is 0 Å². The Morgan fingerprint density at radius 2 is 2.00 bits per heavy atom. The van der Waals surface area contributed by atoms with Crippen LogP contribution in [-0.2, 0) is 12.3 Å². The molecule has 0 aliphatic rings. The summed E-state index contributed by atoms with van der Waals surface area (Å²) in [6, 6.07) is 13.2. The van der Waals surface area contributed by atoms with Crippen LogP contribution in [0.5, 0.6) is 0 Å². The minimum Gasteiger partial charge on any atom is -0.334 e. The Kier molecular flexibility index (Phi) is 6.26. The summed E-state index contributed by atoms with van der Waals surface area (Å²) in [4.78, 5) is 12.8. The number of benzene rings is 2. The predicted octanol–water partition coefficient (Wildman–Crippen LogP) is 4.65. The molecule has 3 rings (SSSR count). The Hall–Kier alpha value is -2.64. The second-order valence-electron chi connectivity index (χ2n) is 5.59. The molecule has 0 fully saturated rings. The third-order valence-corrected chi connectivity index (χ3v) is 4.87. The maximum absolute atomic E-state index is 13.0. The summed E-state index contributed by atoms with van der Waals surface area (Å²) in [5.74, 6) is 0.348. The number of halogens is 2. The van der Waals surface area contributed by atoms with Crippen molar-refractivity contribution < 1.29 is 4.39 Å². The second kappa shape index (κ2) is 8.83. The van der Waals surface area contributed by atoms with E-state index in [2.05, 4.69) is 22.1 Å². The molecule has 8 heteroatoms. The lowest BCUT2D eigenvalue weighted by Gasteiger charge is -2.11. The van der Waals surface area contributed by atoms with E-state index in [0.29, 0.717) is 28.2 Å². The van der Waals surface area contributed by atoms with Gasteiger partial charge in [-0.05, 0) is 35.9 Å². The molecule has 0 unspecified atom stereocenters. The number of thioether (sulfide) groups is 1. The van der Waals surface area contributed by atoms with Crippen LogP contribution in [0.4, 0.5) is 15.9 Å². The zero-order chi connectivity index (χ0) is 19.2. The molecular weight excluding hydrogens is 387 g/mol. The highest BCUT2D eigenvalue weighted by Crippen LogP contribution is 2.21. The number of hydrogen-bond donors (Lipinski definition) is 1. The van der Waals surface area contributed by atoms with E-state index < -0.39 is 0 Å². The van der Waals surface area contributed by atoms with Gasteiger partial charge in [0.15, 0.2) is 5.16 Å². The van der Waals surface area contributed by atoms with Gasteiger partial charge in [-0.3, -0.25) is 9.36 Å². The maximum Gasteiger partial charge on any atom is 0.297 e. The van der Waals surface area contributed by atoms with Gasteiger partial charge in [0.2, 0.25) is 5.82 Å². The first-order valence-corrected chi connectivity index (χ1v) is 9.41. The molecule has 5 nitrogen and oxygen atoms in total. The molecule has 0 radical (unpaired) electrons. The number of rotatable bonds is 7. The highest BCUT2D eigenvalue weighted by atomic mass is 35.5. The molecule has 0 amide bonds. The molecule has 138 valence electrons. The van der Waals surface area contributed by atoms with E-state index in [-0.39, 0.29) is 17.2 Å². The fourth-order valence-electron chi connectivity index (χ4n) is 2.31. The minimum absolute atomic E-state index is 0.102. The molecule has 3 aromatic rings. The number of hydrogen-bond acceptors (Lipinski definition) is 5. The Bertz CT molecular complexity index is 1010. The van der Waals surface area contributed by atoms with Crippen molar-refractivity contribution in [1.29, 1.82) is 0 Å². The first-order valence-electron chi connectivity index (χ1n) is 8.05.